The van der Waals surface area contributed by atoms with Gasteiger partial charge < -0.3 is 5.32 Å². The van der Waals surface area contributed by atoms with Crippen LogP contribution in [-0.4, -0.2) is 21.7 Å². The molecule has 0 spiro atoms. The fourth-order valence-corrected chi connectivity index (χ4v) is 2.91. The van der Waals surface area contributed by atoms with Crippen LogP contribution in [-0.2, 0) is 19.6 Å². The zero-order valence-electron chi connectivity index (χ0n) is 11.3. The van der Waals surface area contributed by atoms with Gasteiger partial charge in [-0.25, -0.2) is 0 Å². The minimum atomic E-state index is -0.262. The van der Waals surface area contributed by atoms with E-state index in [1.54, 1.807) is 6.07 Å². The van der Waals surface area contributed by atoms with Crippen molar-refractivity contribution in [1.82, 2.24) is 15.2 Å². The van der Waals surface area contributed by atoms with E-state index in [2.05, 4.69) is 22.4 Å². The Hall–Kier alpha value is -2.53. The minimum Gasteiger partial charge on any atom is -0.309 e. The first-order valence-electron chi connectivity index (χ1n) is 6.85. The smallest absolute Gasteiger partial charge is 0.263 e. The van der Waals surface area contributed by atoms with E-state index in [0.29, 0.717) is 17.7 Å². The third-order valence-electron chi connectivity index (χ3n) is 4.01. The van der Waals surface area contributed by atoms with Gasteiger partial charge in [0.1, 0.15) is 0 Å². The predicted octanol–water partition coefficient (Wildman–Crippen LogP) is 1.48. The largest absolute Gasteiger partial charge is 0.309 e. The molecule has 0 radical (unpaired) electrons. The lowest BCUT2D eigenvalue weighted by Crippen LogP contribution is -2.29. The van der Waals surface area contributed by atoms with Crippen LogP contribution in [0.25, 0.3) is 0 Å². The van der Waals surface area contributed by atoms with E-state index in [4.69, 9.17) is 0 Å². The first-order valence-corrected chi connectivity index (χ1v) is 6.85. The number of nitrogens with one attached hydrogen (secondary N) is 1. The van der Waals surface area contributed by atoms with Gasteiger partial charge in [0.05, 0.1) is 17.7 Å². The molecule has 5 heteroatoms. The normalized spacial score (nSPS) is 16.3. The molecule has 0 saturated heterocycles. The van der Waals surface area contributed by atoms with Crippen molar-refractivity contribution in [3.05, 3.63) is 64.5 Å². The van der Waals surface area contributed by atoms with Crippen molar-refractivity contribution in [2.45, 2.75) is 19.6 Å². The quantitative estimate of drug-likeness (QED) is 0.846. The van der Waals surface area contributed by atoms with Gasteiger partial charge in [0.2, 0.25) is 0 Å². The summed E-state index contributed by atoms with van der Waals surface area (Å²) in [5.41, 5.74) is 4.33. The van der Waals surface area contributed by atoms with Crippen LogP contribution in [0.3, 0.4) is 0 Å². The molecule has 3 heterocycles. The lowest BCUT2D eigenvalue weighted by atomic mass is 10.1. The number of rotatable bonds is 2. The monoisotopic (exact) mass is 279 g/mol. The number of aromatic nitrogens is 1. The number of carbonyl (C=O) groups excluding carboxylic acids is 2. The first-order chi connectivity index (χ1) is 10.2. The molecule has 2 aliphatic heterocycles. The van der Waals surface area contributed by atoms with Crippen molar-refractivity contribution in [2.75, 3.05) is 0 Å². The molecule has 1 N–H and O–H groups in total. The molecule has 2 aromatic rings. The fourth-order valence-electron chi connectivity index (χ4n) is 2.91. The summed E-state index contributed by atoms with van der Waals surface area (Å²) in [4.78, 5) is 29.8. The molecular formula is C16H13N3O2. The van der Waals surface area contributed by atoms with E-state index < -0.39 is 0 Å². The molecular weight excluding hydrogens is 266 g/mol. The third kappa shape index (κ3) is 1.86. The number of imide groups is 1. The SMILES string of the molecule is O=C1c2ccncc2C(=O)N1Cc1ccc2c(c1)CNC2. The Morgan fingerprint density at radius 2 is 1.86 bits per heavy atom. The molecule has 0 aliphatic carbocycles. The average molecular weight is 279 g/mol. The number of nitrogens with zero attached hydrogens (tertiary/aromatic N) is 2. The van der Waals surface area contributed by atoms with Crippen molar-refractivity contribution in [3.8, 4) is 0 Å². The average Bonchev–Trinajstić information content (AvgIpc) is 3.06. The highest BCUT2D eigenvalue weighted by Crippen LogP contribution is 2.25. The number of pyridine rings is 1. The number of hydrogen-bond donors (Lipinski definition) is 1. The molecule has 1 aromatic heterocycles. The summed E-state index contributed by atoms with van der Waals surface area (Å²) < 4.78 is 0. The van der Waals surface area contributed by atoms with E-state index in [9.17, 15) is 9.59 Å². The highest BCUT2D eigenvalue weighted by Gasteiger charge is 2.35. The molecule has 0 unspecified atom stereocenters. The Kier molecular flexibility index (Phi) is 2.62. The molecule has 0 saturated carbocycles. The summed E-state index contributed by atoms with van der Waals surface area (Å²) >= 11 is 0. The summed E-state index contributed by atoms with van der Waals surface area (Å²) in [5.74, 6) is -0.502. The van der Waals surface area contributed by atoms with Gasteiger partial charge in [0.15, 0.2) is 0 Å². The first kappa shape index (κ1) is 12.2. The second-order valence-corrected chi connectivity index (χ2v) is 5.32. The molecule has 0 fully saturated rings. The van der Waals surface area contributed by atoms with Crippen molar-refractivity contribution < 1.29 is 9.59 Å². The number of hydrogen-bond acceptors (Lipinski definition) is 4. The van der Waals surface area contributed by atoms with Gasteiger partial charge in [-0.05, 0) is 22.8 Å². The number of amides is 2. The van der Waals surface area contributed by atoms with Crippen LogP contribution in [0.1, 0.15) is 37.4 Å². The van der Waals surface area contributed by atoms with Crippen LogP contribution >= 0.6 is 0 Å². The van der Waals surface area contributed by atoms with Gasteiger partial charge in [-0.1, -0.05) is 18.2 Å². The summed E-state index contributed by atoms with van der Waals surface area (Å²) in [7, 11) is 0. The Balaban J connectivity index is 1.64. The summed E-state index contributed by atoms with van der Waals surface area (Å²) in [5, 5.41) is 3.28. The van der Waals surface area contributed by atoms with Crippen LogP contribution in [0.2, 0.25) is 0 Å². The van der Waals surface area contributed by atoms with Crippen molar-refractivity contribution in [1.29, 1.82) is 0 Å². The van der Waals surface area contributed by atoms with Crippen LogP contribution in [0.5, 0.6) is 0 Å². The maximum Gasteiger partial charge on any atom is 0.263 e. The van der Waals surface area contributed by atoms with E-state index in [1.807, 2.05) is 6.07 Å². The van der Waals surface area contributed by atoms with Crippen LogP contribution < -0.4 is 5.32 Å². The number of benzene rings is 1. The second-order valence-electron chi connectivity index (χ2n) is 5.32. The van der Waals surface area contributed by atoms with E-state index in [1.165, 1.54) is 28.4 Å². The zero-order chi connectivity index (χ0) is 14.4. The summed E-state index contributed by atoms with van der Waals surface area (Å²) in [6, 6.07) is 7.71. The molecule has 2 amide bonds. The molecule has 104 valence electrons. The molecule has 5 nitrogen and oxygen atoms in total. The molecule has 0 bridgehead atoms. The van der Waals surface area contributed by atoms with Crippen molar-refractivity contribution in [2.24, 2.45) is 0 Å². The lowest BCUT2D eigenvalue weighted by Gasteiger charge is -2.14. The Morgan fingerprint density at radius 1 is 1.05 bits per heavy atom. The predicted molar refractivity (Wildman–Crippen MR) is 75.4 cm³/mol. The van der Waals surface area contributed by atoms with Crippen LogP contribution in [0.15, 0.2) is 36.7 Å². The molecule has 0 atom stereocenters. The molecule has 21 heavy (non-hydrogen) atoms. The lowest BCUT2D eigenvalue weighted by molar-refractivity contribution is 0.0642. The van der Waals surface area contributed by atoms with E-state index in [-0.39, 0.29) is 11.8 Å². The van der Waals surface area contributed by atoms with Gasteiger partial charge >= 0.3 is 0 Å². The van der Waals surface area contributed by atoms with E-state index >= 15 is 0 Å². The van der Waals surface area contributed by atoms with Gasteiger partial charge in [0.25, 0.3) is 11.8 Å². The van der Waals surface area contributed by atoms with Gasteiger partial charge in [0, 0.05) is 25.5 Å². The fraction of sp³-hybridized carbons (Fsp3) is 0.188. The van der Waals surface area contributed by atoms with Gasteiger partial charge in [-0.15, -0.1) is 0 Å². The van der Waals surface area contributed by atoms with Gasteiger partial charge in [-0.2, -0.15) is 0 Å². The Morgan fingerprint density at radius 3 is 2.71 bits per heavy atom. The summed E-state index contributed by atoms with van der Waals surface area (Å²) in [6.07, 6.45) is 3.00. The maximum absolute atomic E-state index is 12.3. The standard InChI is InChI=1S/C16H13N3O2/c20-15-13-3-4-17-8-14(13)16(21)19(15)9-10-1-2-11-6-18-7-12(11)5-10/h1-5,8,18H,6-7,9H2. The Labute approximate surface area is 121 Å². The Bertz CT molecular complexity index is 735. The topological polar surface area (TPSA) is 62.3 Å². The third-order valence-corrected chi connectivity index (χ3v) is 4.01. The van der Waals surface area contributed by atoms with Gasteiger partial charge in [-0.3, -0.25) is 19.5 Å². The molecule has 1 aromatic carbocycles. The highest BCUT2D eigenvalue weighted by molar-refractivity contribution is 6.21. The molecule has 2 aliphatic rings. The van der Waals surface area contributed by atoms with E-state index in [0.717, 1.165) is 18.7 Å². The van der Waals surface area contributed by atoms with Crippen LogP contribution in [0, 0.1) is 0 Å². The number of fused-ring (bicyclic) bond motifs is 2. The summed E-state index contributed by atoms with van der Waals surface area (Å²) in [6.45, 7) is 2.03. The highest BCUT2D eigenvalue weighted by atomic mass is 16.2. The van der Waals surface area contributed by atoms with Crippen molar-refractivity contribution in [3.63, 3.8) is 0 Å². The minimum absolute atomic E-state index is 0.240. The maximum atomic E-state index is 12.3. The zero-order valence-corrected chi connectivity index (χ0v) is 11.3. The van der Waals surface area contributed by atoms with Crippen LogP contribution in [0.4, 0.5) is 0 Å². The second kappa shape index (κ2) is 4.49. The molecule has 4 rings (SSSR count). The van der Waals surface area contributed by atoms with Crippen molar-refractivity contribution >= 4 is 11.8 Å². The number of carbonyl (C=O) groups is 2.